The molecular formula is C19H27N3O2. The van der Waals surface area contributed by atoms with Crippen LogP contribution in [0.25, 0.3) is 0 Å². The number of hydrogen-bond donors (Lipinski definition) is 2. The van der Waals surface area contributed by atoms with Gasteiger partial charge in [-0.15, -0.1) is 0 Å². The molecule has 1 amide bonds. The van der Waals surface area contributed by atoms with E-state index < -0.39 is 12.0 Å². The second-order valence-electron chi connectivity index (χ2n) is 8.05. The summed E-state index contributed by atoms with van der Waals surface area (Å²) >= 11 is 0. The number of hydrogen-bond acceptors (Lipinski definition) is 3. The molecule has 1 heterocycles. The van der Waals surface area contributed by atoms with Crippen molar-refractivity contribution in [2.24, 2.45) is 0 Å². The number of nitrogens with one attached hydrogen (secondary N) is 1. The van der Waals surface area contributed by atoms with Gasteiger partial charge in [0.15, 0.2) is 6.10 Å². The third-order valence-corrected chi connectivity index (χ3v) is 3.73. The van der Waals surface area contributed by atoms with E-state index in [-0.39, 0.29) is 11.0 Å². The first-order chi connectivity index (χ1) is 11.0. The van der Waals surface area contributed by atoms with E-state index in [0.717, 1.165) is 5.69 Å². The van der Waals surface area contributed by atoms with Gasteiger partial charge >= 0.3 is 0 Å². The molecule has 1 aromatic carbocycles. The monoisotopic (exact) mass is 329 g/mol. The lowest BCUT2D eigenvalue weighted by molar-refractivity contribution is -0.124. The second kappa shape index (κ2) is 6.40. The van der Waals surface area contributed by atoms with Crippen molar-refractivity contribution in [3.63, 3.8) is 0 Å². The highest BCUT2D eigenvalue weighted by molar-refractivity contribution is 5.94. The molecule has 0 saturated heterocycles. The van der Waals surface area contributed by atoms with Gasteiger partial charge in [-0.25, -0.2) is 4.68 Å². The number of carbonyl (C=O) groups is 1. The number of aromatic nitrogens is 2. The highest BCUT2D eigenvalue weighted by Crippen LogP contribution is 2.28. The fraction of sp³-hybridized carbons (Fsp3) is 0.474. The molecule has 0 bridgehead atoms. The minimum Gasteiger partial charge on any atom is -0.378 e. The number of nitrogens with zero attached hydrogens (tertiary/aromatic N) is 2. The average Bonchev–Trinajstić information content (AvgIpc) is 2.91. The maximum atomic E-state index is 12.4. The number of aliphatic hydroxyl groups excluding tert-OH is 1. The lowest BCUT2D eigenvalue weighted by atomic mass is 9.92. The summed E-state index contributed by atoms with van der Waals surface area (Å²) < 4.78 is 1.79. The van der Waals surface area contributed by atoms with Crippen LogP contribution in [0.15, 0.2) is 36.4 Å². The molecule has 2 rings (SSSR count). The quantitative estimate of drug-likeness (QED) is 0.904. The SMILES string of the molecule is CC(C)(C)c1cc(NC(=O)C(O)c2ccccc2)n(C(C)(C)C)n1. The van der Waals surface area contributed by atoms with E-state index in [2.05, 4.69) is 31.2 Å². The maximum Gasteiger partial charge on any atom is 0.258 e. The smallest absolute Gasteiger partial charge is 0.258 e. The molecule has 1 aromatic heterocycles. The number of aliphatic hydroxyl groups is 1. The number of carbonyl (C=O) groups excluding carboxylic acids is 1. The molecule has 0 fully saturated rings. The molecule has 0 aliphatic rings. The van der Waals surface area contributed by atoms with Crippen LogP contribution >= 0.6 is 0 Å². The predicted octanol–water partition coefficient (Wildman–Crippen LogP) is 3.61. The first kappa shape index (κ1) is 18.2. The molecule has 5 heteroatoms. The van der Waals surface area contributed by atoms with Gasteiger partial charge in [0.05, 0.1) is 11.2 Å². The van der Waals surface area contributed by atoms with Crippen molar-refractivity contribution >= 4 is 11.7 Å². The predicted molar refractivity (Wildman–Crippen MR) is 96.0 cm³/mol. The van der Waals surface area contributed by atoms with E-state index in [1.165, 1.54) is 0 Å². The molecule has 2 aromatic rings. The minimum absolute atomic E-state index is 0.131. The van der Waals surface area contributed by atoms with Crippen LogP contribution in [0.2, 0.25) is 0 Å². The Morgan fingerprint density at radius 3 is 2.21 bits per heavy atom. The van der Waals surface area contributed by atoms with Crippen LogP contribution in [0.4, 0.5) is 5.82 Å². The average molecular weight is 329 g/mol. The van der Waals surface area contributed by atoms with E-state index >= 15 is 0 Å². The molecule has 0 radical (unpaired) electrons. The zero-order valence-electron chi connectivity index (χ0n) is 15.3. The third-order valence-electron chi connectivity index (χ3n) is 3.73. The van der Waals surface area contributed by atoms with Gasteiger partial charge in [0.25, 0.3) is 5.91 Å². The van der Waals surface area contributed by atoms with Gasteiger partial charge in [-0.05, 0) is 26.3 Å². The topological polar surface area (TPSA) is 67.2 Å². The van der Waals surface area contributed by atoms with Gasteiger partial charge in [-0.2, -0.15) is 5.10 Å². The number of amides is 1. The van der Waals surface area contributed by atoms with Crippen molar-refractivity contribution in [1.82, 2.24) is 9.78 Å². The lowest BCUT2D eigenvalue weighted by Gasteiger charge is -2.23. The summed E-state index contributed by atoms with van der Waals surface area (Å²) in [5, 5.41) is 17.7. The molecule has 0 spiro atoms. The summed E-state index contributed by atoms with van der Waals surface area (Å²) in [6.45, 7) is 12.3. The van der Waals surface area contributed by atoms with E-state index in [9.17, 15) is 9.90 Å². The lowest BCUT2D eigenvalue weighted by Crippen LogP contribution is -2.29. The summed E-state index contributed by atoms with van der Waals surface area (Å²) in [4.78, 5) is 12.4. The van der Waals surface area contributed by atoms with Crippen LogP contribution in [-0.2, 0) is 15.7 Å². The third kappa shape index (κ3) is 4.03. The second-order valence-corrected chi connectivity index (χ2v) is 8.05. The molecule has 1 atom stereocenters. The molecule has 1 unspecified atom stereocenters. The zero-order valence-corrected chi connectivity index (χ0v) is 15.3. The maximum absolute atomic E-state index is 12.4. The summed E-state index contributed by atoms with van der Waals surface area (Å²) in [6.07, 6.45) is -1.22. The summed E-state index contributed by atoms with van der Waals surface area (Å²) in [5.74, 6) is 0.125. The standard InChI is InChI=1S/C19H27N3O2/c1-18(2,3)14-12-15(22(21-14)19(4,5)6)20-17(24)16(23)13-10-8-7-9-11-13/h7-12,16,23H,1-6H3,(H,20,24). The van der Waals surface area contributed by atoms with Crippen LogP contribution in [0.5, 0.6) is 0 Å². The zero-order chi connectivity index (χ0) is 18.1. The van der Waals surface area contributed by atoms with Crippen LogP contribution in [0, 0.1) is 0 Å². The van der Waals surface area contributed by atoms with Crippen molar-refractivity contribution < 1.29 is 9.90 Å². The number of benzene rings is 1. The highest BCUT2D eigenvalue weighted by Gasteiger charge is 2.27. The van der Waals surface area contributed by atoms with E-state index in [1.807, 2.05) is 32.9 Å². The Bertz CT molecular complexity index is 706. The molecule has 0 saturated carbocycles. The molecule has 2 N–H and O–H groups in total. The number of anilines is 1. The van der Waals surface area contributed by atoms with Crippen LogP contribution in [0.1, 0.15) is 58.9 Å². The van der Waals surface area contributed by atoms with Crippen molar-refractivity contribution in [2.45, 2.75) is 58.6 Å². The van der Waals surface area contributed by atoms with E-state index in [1.54, 1.807) is 28.9 Å². The summed E-state index contributed by atoms with van der Waals surface area (Å²) in [5.41, 5.74) is 1.03. The van der Waals surface area contributed by atoms with Gasteiger partial charge in [0.1, 0.15) is 5.82 Å². The highest BCUT2D eigenvalue weighted by atomic mass is 16.3. The summed E-state index contributed by atoms with van der Waals surface area (Å²) in [6, 6.07) is 10.8. The van der Waals surface area contributed by atoms with Crippen LogP contribution in [0.3, 0.4) is 0 Å². The Balaban J connectivity index is 2.31. The Morgan fingerprint density at radius 1 is 1.12 bits per heavy atom. The van der Waals surface area contributed by atoms with E-state index in [0.29, 0.717) is 11.4 Å². The molecular weight excluding hydrogens is 302 g/mol. The van der Waals surface area contributed by atoms with E-state index in [4.69, 9.17) is 0 Å². The first-order valence-electron chi connectivity index (χ1n) is 8.15. The molecule has 0 aliphatic heterocycles. The molecule has 24 heavy (non-hydrogen) atoms. The molecule has 0 aliphatic carbocycles. The van der Waals surface area contributed by atoms with Gasteiger partial charge in [0.2, 0.25) is 0 Å². The first-order valence-corrected chi connectivity index (χ1v) is 8.15. The largest absolute Gasteiger partial charge is 0.378 e. The van der Waals surface area contributed by atoms with Crippen molar-refractivity contribution in [3.8, 4) is 0 Å². The van der Waals surface area contributed by atoms with Gasteiger partial charge < -0.3 is 10.4 Å². The molecule has 5 nitrogen and oxygen atoms in total. The summed E-state index contributed by atoms with van der Waals surface area (Å²) in [7, 11) is 0. The fourth-order valence-corrected chi connectivity index (χ4v) is 2.33. The Kier molecular flexibility index (Phi) is 4.85. The fourth-order valence-electron chi connectivity index (χ4n) is 2.33. The van der Waals surface area contributed by atoms with Crippen molar-refractivity contribution in [3.05, 3.63) is 47.7 Å². The Hall–Kier alpha value is -2.14. The Labute approximate surface area is 143 Å². The van der Waals surface area contributed by atoms with Crippen molar-refractivity contribution in [2.75, 3.05) is 5.32 Å². The minimum atomic E-state index is -1.22. The van der Waals surface area contributed by atoms with Crippen LogP contribution < -0.4 is 5.32 Å². The number of rotatable bonds is 3. The Morgan fingerprint density at radius 2 is 1.71 bits per heavy atom. The normalized spacial score (nSPS) is 13.6. The van der Waals surface area contributed by atoms with Gasteiger partial charge in [0, 0.05) is 11.5 Å². The van der Waals surface area contributed by atoms with Crippen LogP contribution in [-0.4, -0.2) is 20.8 Å². The van der Waals surface area contributed by atoms with Gasteiger partial charge in [-0.1, -0.05) is 51.1 Å². The van der Waals surface area contributed by atoms with Gasteiger partial charge in [-0.3, -0.25) is 4.79 Å². The van der Waals surface area contributed by atoms with Crippen molar-refractivity contribution in [1.29, 1.82) is 0 Å². The molecule has 130 valence electrons.